The first-order valence-corrected chi connectivity index (χ1v) is 8.17. The molecule has 0 bridgehead atoms. The number of nitrogens with zero attached hydrogens (tertiary/aromatic N) is 4. The summed E-state index contributed by atoms with van der Waals surface area (Å²) >= 11 is 0. The number of hydrogen-bond donors (Lipinski definition) is 1. The van der Waals surface area contributed by atoms with Gasteiger partial charge in [-0.1, -0.05) is 12.1 Å². The van der Waals surface area contributed by atoms with E-state index in [1.807, 2.05) is 0 Å². The van der Waals surface area contributed by atoms with Gasteiger partial charge in [0.1, 0.15) is 17.5 Å². The van der Waals surface area contributed by atoms with Gasteiger partial charge < -0.3 is 0 Å². The van der Waals surface area contributed by atoms with Crippen molar-refractivity contribution >= 4 is 0 Å². The highest BCUT2D eigenvalue weighted by atomic mass is 16.6. The largest absolute Gasteiger partial charge is 0.291 e. The maximum atomic E-state index is 11.9. The number of hydrogen-bond acceptors (Lipinski definition) is 7. The average Bonchev–Trinajstić information content (AvgIpc) is 2.60. The lowest BCUT2D eigenvalue weighted by Gasteiger charge is -2.44. The molecule has 9 nitrogen and oxygen atoms in total. The Morgan fingerprint density at radius 2 is 1.35 bits per heavy atom. The van der Waals surface area contributed by atoms with E-state index >= 15 is 0 Å². The van der Waals surface area contributed by atoms with Crippen molar-refractivity contribution in [1.82, 2.24) is 15.3 Å². The zero-order chi connectivity index (χ0) is 18.9. The molecule has 3 rings (SSSR count). The molecule has 0 unspecified atom stereocenters. The van der Waals surface area contributed by atoms with Gasteiger partial charge in [0, 0.05) is 34.6 Å². The van der Waals surface area contributed by atoms with Crippen LogP contribution in [-0.2, 0) is 0 Å². The molecule has 4 atom stereocenters. The predicted molar refractivity (Wildman–Crippen MR) is 92.4 cm³/mol. The van der Waals surface area contributed by atoms with Crippen LogP contribution in [0.3, 0.4) is 0 Å². The van der Waals surface area contributed by atoms with E-state index < -0.39 is 39.4 Å². The fraction of sp³-hybridized carbons (Fsp3) is 0.412. The minimum absolute atomic E-state index is 0.430. The lowest BCUT2D eigenvalue weighted by molar-refractivity contribution is -0.605. The maximum absolute atomic E-state index is 11.9. The zero-order valence-electron chi connectivity index (χ0n) is 14.4. The van der Waals surface area contributed by atoms with E-state index in [1.54, 1.807) is 62.9 Å². The Kier molecular flexibility index (Phi) is 4.64. The first-order valence-electron chi connectivity index (χ1n) is 8.17. The summed E-state index contributed by atoms with van der Waals surface area (Å²) in [6.45, 7) is 3.17. The summed E-state index contributed by atoms with van der Waals surface area (Å²) in [6, 6.07) is 3.07. The molecule has 26 heavy (non-hydrogen) atoms. The van der Waals surface area contributed by atoms with Crippen LogP contribution in [0.4, 0.5) is 0 Å². The van der Waals surface area contributed by atoms with Gasteiger partial charge in [-0.05, 0) is 37.1 Å². The van der Waals surface area contributed by atoms with Crippen LogP contribution in [-0.4, -0.2) is 31.9 Å². The molecule has 0 spiro atoms. The van der Waals surface area contributed by atoms with Gasteiger partial charge in [-0.3, -0.25) is 35.5 Å². The molecule has 1 fully saturated rings. The first kappa shape index (κ1) is 17.9. The average molecular weight is 357 g/mol. The fourth-order valence-corrected chi connectivity index (χ4v) is 3.87. The Morgan fingerprint density at radius 1 is 0.923 bits per heavy atom. The van der Waals surface area contributed by atoms with Gasteiger partial charge in [-0.15, -0.1) is 0 Å². The molecule has 0 amide bonds. The highest BCUT2D eigenvalue weighted by Gasteiger charge is 2.62. The topological polar surface area (TPSA) is 124 Å². The van der Waals surface area contributed by atoms with Crippen molar-refractivity contribution in [1.29, 1.82) is 0 Å². The summed E-state index contributed by atoms with van der Waals surface area (Å²) in [4.78, 5) is 31.0. The minimum atomic E-state index is -1.21. The molecular weight excluding hydrogens is 338 g/mol. The molecule has 0 aromatic carbocycles. The van der Waals surface area contributed by atoms with Crippen molar-refractivity contribution in [2.75, 3.05) is 0 Å². The van der Waals surface area contributed by atoms with Crippen molar-refractivity contribution in [3.05, 3.63) is 80.4 Å². The zero-order valence-corrected chi connectivity index (χ0v) is 14.4. The molecule has 1 aliphatic rings. The Balaban J connectivity index is 2.14. The lowest BCUT2D eigenvalue weighted by atomic mass is 9.66. The van der Waals surface area contributed by atoms with Crippen LogP contribution in [0.15, 0.2) is 49.1 Å². The third-order valence-corrected chi connectivity index (χ3v) is 5.06. The van der Waals surface area contributed by atoms with Gasteiger partial charge in [0.25, 0.3) is 0 Å². The molecular formula is C17H19N5O4. The number of pyridine rings is 2. The Morgan fingerprint density at radius 3 is 1.65 bits per heavy atom. The smallest absolute Gasteiger partial charge is 0.244 e. The lowest BCUT2D eigenvalue weighted by Crippen LogP contribution is -2.63. The number of aromatic nitrogens is 2. The number of rotatable bonds is 4. The third kappa shape index (κ3) is 3.01. The van der Waals surface area contributed by atoms with Gasteiger partial charge in [-0.25, -0.2) is 0 Å². The van der Waals surface area contributed by atoms with E-state index in [4.69, 9.17) is 0 Å². The second-order valence-electron chi connectivity index (χ2n) is 6.98. The molecule has 0 saturated carbocycles. The molecule has 3 heterocycles. The second-order valence-corrected chi connectivity index (χ2v) is 6.98. The molecule has 1 saturated heterocycles. The molecule has 1 N–H and O–H groups in total. The van der Waals surface area contributed by atoms with Crippen LogP contribution in [0.25, 0.3) is 0 Å². The van der Waals surface area contributed by atoms with E-state index in [9.17, 15) is 20.2 Å². The molecule has 0 radical (unpaired) electrons. The Hall–Kier alpha value is -2.94. The van der Waals surface area contributed by atoms with E-state index in [2.05, 4.69) is 15.3 Å². The molecule has 0 aliphatic carbocycles. The molecule has 2 aromatic rings. The third-order valence-electron chi connectivity index (χ3n) is 5.06. The quantitative estimate of drug-likeness (QED) is 0.657. The van der Waals surface area contributed by atoms with Gasteiger partial charge in [-0.2, -0.15) is 0 Å². The van der Waals surface area contributed by atoms with E-state index in [0.29, 0.717) is 11.1 Å². The van der Waals surface area contributed by atoms with Crippen LogP contribution in [0, 0.1) is 25.6 Å². The van der Waals surface area contributed by atoms with Gasteiger partial charge in [0.05, 0.1) is 0 Å². The summed E-state index contributed by atoms with van der Waals surface area (Å²) in [6.07, 6.45) is 6.27. The van der Waals surface area contributed by atoms with Crippen LogP contribution in [0.2, 0.25) is 0 Å². The van der Waals surface area contributed by atoms with E-state index in [1.165, 1.54) is 0 Å². The normalized spacial score (nSPS) is 27.6. The van der Waals surface area contributed by atoms with Gasteiger partial charge in [0.15, 0.2) is 0 Å². The van der Waals surface area contributed by atoms with Crippen LogP contribution in [0.1, 0.15) is 37.1 Å². The van der Waals surface area contributed by atoms with Crippen molar-refractivity contribution in [3.63, 3.8) is 0 Å². The molecule has 1 aliphatic heterocycles. The summed E-state index contributed by atoms with van der Waals surface area (Å²) in [5, 5.41) is 26.9. The van der Waals surface area contributed by atoms with E-state index in [-0.39, 0.29) is 0 Å². The SMILES string of the molecule is CC1(C)[C@H]([N+](=O)[O-])[C@@H](c2cccnc2)N[C@@H](c2cccnc2)[C@H]1[N+](=O)[O-]. The molecule has 136 valence electrons. The first-order chi connectivity index (χ1) is 12.3. The van der Waals surface area contributed by atoms with Crippen molar-refractivity contribution in [2.45, 2.75) is 38.0 Å². The number of nitrogens with one attached hydrogen (secondary N) is 1. The standard InChI is InChI=1S/C17H19N5O4/c1-17(2)15(21(23)24)13(11-5-3-7-18-9-11)20-14(16(17)22(25)26)12-6-4-8-19-10-12/h3-10,13-16,20H,1-2H3/t13-,14+,15-,16-/m1/s1. The predicted octanol–water partition coefficient (Wildman–Crippen LogP) is 2.18. The monoisotopic (exact) mass is 357 g/mol. The fourth-order valence-electron chi connectivity index (χ4n) is 3.87. The Labute approximate surface area is 149 Å². The van der Waals surface area contributed by atoms with Crippen LogP contribution in [0.5, 0.6) is 0 Å². The highest BCUT2D eigenvalue weighted by molar-refractivity contribution is 5.25. The highest BCUT2D eigenvalue weighted by Crippen LogP contribution is 2.46. The molecule has 9 heteroatoms. The number of nitro groups is 2. The van der Waals surface area contributed by atoms with Crippen LogP contribution < -0.4 is 5.32 Å². The van der Waals surface area contributed by atoms with Crippen molar-refractivity contribution in [2.24, 2.45) is 5.41 Å². The molecule has 2 aromatic heterocycles. The van der Waals surface area contributed by atoms with E-state index in [0.717, 1.165) is 0 Å². The van der Waals surface area contributed by atoms with Gasteiger partial charge >= 0.3 is 0 Å². The summed E-state index contributed by atoms with van der Waals surface area (Å²) in [7, 11) is 0. The van der Waals surface area contributed by atoms with Gasteiger partial charge in [0.2, 0.25) is 12.1 Å². The maximum Gasteiger partial charge on any atom is 0.244 e. The summed E-state index contributed by atoms with van der Waals surface area (Å²) in [5.74, 6) is 0. The second kappa shape index (κ2) is 6.75. The summed E-state index contributed by atoms with van der Waals surface area (Å²) < 4.78 is 0. The van der Waals surface area contributed by atoms with Crippen molar-refractivity contribution in [3.8, 4) is 0 Å². The number of piperidine rings is 1. The van der Waals surface area contributed by atoms with Crippen molar-refractivity contribution < 1.29 is 9.85 Å². The minimum Gasteiger partial charge on any atom is -0.291 e. The van der Waals surface area contributed by atoms with Crippen LogP contribution >= 0.6 is 0 Å². The summed E-state index contributed by atoms with van der Waals surface area (Å²) in [5.41, 5.74) is 0.0372. The Bertz CT molecular complexity index is 734.